The molecule has 0 unspecified atom stereocenters. The van der Waals surface area contributed by atoms with E-state index in [1.54, 1.807) is 0 Å². The molecule has 0 amide bonds. The highest BCUT2D eigenvalue weighted by molar-refractivity contribution is 6.32. The highest BCUT2D eigenvalue weighted by Crippen LogP contribution is 2.36. The van der Waals surface area contributed by atoms with E-state index < -0.39 is 0 Å². The number of rotatable bonds is 2. The molecule has 1 N–H and O–H groups in total. The molecule has 0 atom stereocenters. The number of anilines is 1. The summed E-state index contributed by atoms with van der Waals surface area (Å²) < 4.78 is 0. The molecule has 0 saturated carbocycles. The fourth-order valence-corrected chi connectivity index (χ4v) is 4.24. The van der Waals surface area contributed by atoms with Crippen molar-refractivity contribution in [3.05, 3.63) is 53.4 Å². The smallest absolute Gasteiger partial charge is 0.128 e. The summed E-state index contributed by atoms with van der Waals surface area (Å²) in [7, 11) is 2.16. The molecule has 28 heavy (non-hydrogen) atoms. The van der Waals surface area contributed by atoms with Crippen LogP contribution in [0.5, 0.6) is 0 Å². The molecule has 0 radical (unpaired) electrons. The van der Waals surface area contributed by atoms with Gasteiger partial charge in [-0.1, -0.05) is 11.6 Å². The zero-order chi connectivity index (χ0) is 19.3. The standard InChI is InChI=1S/C22H22ClN5/c1-14-21-17(5-6-24-14)19-12-16(23)11-18(22(19)26-21)15-3-4-20(25-13-15)28-9-7-27(2)8-10-28/h3-6,11-13,26H,7-10H2,1-2H3. The first-order valence-corrected chi connectivity index (χ1v) is 9.94. The van der Waals surface area contributed by atoms with Gasteiger partial charge in [0.05, 0.1) is 16.7 Å². The number of hydrogen-bond acceptors (Lipinski definition) is 4. The highest BCUT2D eigenvalue weighted by atomic mass is 35.5. The van der Waals surface area contributed by atoms with Crippen molar-refractivity contribution < 1.29 is 0 Å². The second kappa shape index (κ2) is 6.76. The summed E-state index contributed by atoms with van der Waals surface area (Å²) in [6.07, 6.45) is 3.80. The second-order valence-electron chi connectivity index (χ2n) is 7.52. The van der Waals surface area contributed by atoms with Crippen molar-refractivity contribution in [3.8, 4) is 11.1 Å². The van der Waals surface area contributed by atoms with Crippen LogP contribution in [0.2, 0.25) is 5.02 Å². The lowest BCUT2D eigenvalue weighted by atomic mass is 10.0. The van der Waals surface area contributed by atoms with Crippen LogP contribution in [0.15, 0.2) is 42.7 Å². The van der Waals surface area contributed by atoms with Gasteiger partial charge in [0.15, 0.2) is 0 Å². The normalized spacial score (nSPS) is 15.6. The van der Waals surface area contributed by atoms with Crippen molar-refractivity contribution in [1.82, 2.24) is 19.9 Å². The maximum Gasteiger partial charge on any atom is 0.128 e. The fourth-order valence-electron chi connectivity index (χ4n) is 4.02. The number of aryl methyl sites for hydroxylation is 1. The summed E-state index contributed by atoms with van der Waals surface area (Å²) in [5.74, 6) is 1.03. The van der Waals surface area contributed by atoms with E-state index in [0.717, 1.165) is 75.6 Å². The number of aromatic amines is 1. The third-order valence-corrected chi connectivity index (χ3v) is 5.89. The lowest BCUT2D eigenvalue weighted by molar-refractivity contribution is 0.312. The number of likely N-dealkylation sites (N-methyl/N-ethyl adjacent to an activating group) is 1. The van der Waals surface area contributed by atoms with Crippen molar-refractivity contribution in [2.45, 2.75) is 6.92 Å². The Morgan fingerprint density at radius 3 is 2.54 bits per heavy atom. The Hall–Kier alpha value is -2.63. The molecule has 3 aromatic heterocycles. The van der Waals surface area contributed by atoms with E-state index in [9.17, 15) is 0 Å². The summed E-state index contributed by atoms with van der Waals surface area (Å²) in [4.78, 5) is 17.4. The number of nitrogens with one attached hydrogen (secondary N) is 1. The largest absolute Gasteiger partial charge is 0.354 e. The van der Waals surface area contributed by atoms with Crippen LogP contribution < -0.4 is 4.90 Å². The topological polar surface area (TPSA) is 48.1 Å². The quantitative estimate of drug-likeness (QED) is 0.547. The fraction of sp³-hybridized carbons (Fsp3) is 0.273. The Balaban J connectivity index is 1.59. The number of hydrogen-bond donors (Lipinski definition) is 1. The van der Waals surface area contributed by atoms with E-state index in [2.05, 4.69) is 38.9 Å². The van der Waals surface area contributed by atoms with Crippen LogP contribution in [0.1, 0.15) is 5.69 Å². The molecule has 1 aromatic carbocycles. The van der Waals surface area contributed by atoms with Crippen LogP contribution >= 0.6 is 11.6 Å². The van der Waals surface area contributed by atoms with E-state index >= 15 is 0 Å². The minimum Gasteiger partial charge on any atom is -0.354 e. The van der Waals surface area contributed by atoms with E-state index in [1.165, 1.54) is 0 Å². The minimum atomic E-state index is 0.723. The molecule has 0 bridgehead atoms. The Kier molecular flexibility index (Phi) is 4.22. The van der Waals surface area contributed by atoms with E-state index in [4.69, 9.17) is 16.6 Å². The third-order valence-electron chi connectivity index (χ3n) is 5.67. The third kappa shape index (κ3) is 2.91. The van der Waals surface area contributed by atoms with E-state index in [-0.39, 0.29) is 0 Å². The molecular formula is C22H22ClN5. The maximum atomic E-state index is 6.47. The van der Waals surface area contributed by atoms with Crippen LogP contribution in [0.4, 0.5) is 5.82 Å². The van der Waals surface area contributed by atoms with Gasteiger partial charge in [0.1, 0.15) is 5.82 Å². The van der Waals surface area contributed by atoms with Gasteiger partial charge >= 0.3 is 0 Å². The Labute approximate surface area is 169 Å². The van der Waals surface area contributed by atoms with Crippen molar-refractivity contribution >= 4 is 39.2 Å². The average molecular weight is 392 g/mol. The number of H-pyrrole nitrogens is 1. The SMILES string of the molecule is Cc1nccc2c1[nH]c1c(-c3ccc(N4CCN(C)CC4)nc3)cc(Cl)cc12. The van der Waals surface area contributed by atoms with Crippen LogP contribution in [-0.2, 0) is 0 Å². The number of nitrogens with zero attached hydrogens (tertiary/aromatic N) is 4. The van der Waals surface area contributed by atoms with Gasteiger partial charge in [-0.15, -0.1) is 0 Å². The lowest BCUT2D eigenvalue weighted by Gasteiger charge is -2.33. The molecule has 4 heterocycles. The Morgan fingerprint density at radius 1 is 0.964 bits per heavy atom. The molecule has 6 heteroatoms. The van der Waals surface area contributed by atoms with E-state index in [0.29, 0.717) is 0 Å². The predicted octanol–water partition coefficient (Wildman–Crippen LogP) is 4.49. The molecule has 5 nitrogen and oxygen atoms in total. The molecule has 0 aliphatic carbocycles. The summed E-state index contributed by atoms with van der Waals surface area (Å²) >= 11 is 6.47. The number of pyridine rings is 2. The van der Waals surface area contributed by atoms with Gasteiger partial charge < -0.3 is 14.8 Å². The summed E-state index contributed by atoms with van der Waals surface area (Å²) in [6.45, 7) is 6.18. The zero-order valence-corrected chi connectivity index (χ0v) is 16.8. The molecule has 0 spiro atoms. The first-order chi connectivity index (χ1) is 13.6. The number of fused-ring (bicyclic) bond motifs is 3. The van der Waals surface area contributed by atoms with Crippen molar-refractivity contribution in [2.75, 3.05) is 38.1 Å². The Bertz CT molecular complexity index is 1160. The molecule has 1 fully saturated rings. The van der Waals surface area contributed by atoms with Crippen molar-refractivity contribution in [3.63, 3.8) is 0 Å². The maximum absolute atomic E-state index is 6.47. The van der Waals surface area contributed by atoms with Gasteiger partial charge in [0.2, 0.25) is 0 Å². The van der Waals surface area contributed by atoms with Gasteiger partial charge in [-0.3, -0.25) is 4.98 Å². The van der Waals surface area contributed by atoms with Crippen molar-refractivity contribution in [2.24, 2.45) is 0 Å². The van der Waals surface area contributed by atoms with Crippen molar-refractivity contribution in [1.29, 1.82) is 0 Å². The monoisotopic (exact) mass is 391 g/mol. The average Bonchev–Trinajstić information content (AvgIpc) is 3.08. The minimum absolute atomic E-state index is 0.723. The summed E-state index contributed by atoms with van der Waals surface area (Å²) in [5.41, 5.74) is 5.24. The Morgan fingerprint density at radius 2 is 1.79 bits per heavy atom. The van der Waals surface area contributed by atoms with Crippen LogP contribution in [-0.4, -0.2) is 53.1 Å². The predicted molar refractivity (Wildman–Crippen MR) is 116 cm³/mol. The van der Waals surface area contributed by atoms with Crippen LogP contribution in [0.3, 0.4) is 0 Å². The van der Waals surface area contributed by atoms with E-state index in [1.807, 2.05) is 37.5 Å². The zero-order valence-electron chi connectivity index (χ0n) is 16.0. The number of benzene rings is 1. The second-order valence-corrected chi connectivity index (χ2v) is 7.95. The molecule has 142 valence electrons. The summed E-state index contributed by atoms with van der Waals surface area (Å²) in [6, 6.07) is 10.3. The van der Waals surface area contributed by atoms with Gasteiger partial charge in [0, 0.05) is 65.5 Å². The molecule has 4 aromatic rings. The summed E-state index contributed by atoms with van der Waals surface area (Å²) in [5, 5.41) is 2.99. The highest BCUT2D eigenvalue weighted by Gasteiger charge is 2.16. The lowest BCUT2D eigenvalue weighted by Crippen LogP contribution is -2.44. The van der Waals surface area contributed by atoms with Gasteiger partial charge in [0.25, 0.3) is 0 Å². The van der Waals surface area contributed by atoms with Crippen LogP contribution in [0.25, 0.3) is 32.9 Å². The molecule has 1 aliphatic heterocycles. The molecule has 5 rings (SSSR count). The van der Waals surface area contributed by atoms with Crippen LogP contribution in [0, 0.1) is 6.92 Å². The van der Waals surface area contributed by atoms with Gasteiger partial charge in [-0.25, -0.2) is 4.98 Å². The number of halogens is 1. The number of aromatic nitrogens is 3. The first-order valence-electron chi connectivity index (χ1n) is 9.56. The van der Waals surface area contributed by atoms with Gasteiger partial charge in [-0.2, -0.15) is 0 Å². The van der Waals surface area contributed by atoms with Gasteiger partial charge in [-0.05, 0) is 44.3 Å². The molecular weight excluding hydrogens is 370 g/mol. The number of piperazine rings is 1. The molecule has 1 aliphatic rings. The molecule has 1 saturated heterocycles. The first kappa shape index (κ1) is 17.5.